The van der Waals surface area contributed by atoms with E-state index in [9.17, 15) is 14.7 Å². The number of methoxy groups -OCH3 is 2. The van der Waals surface area contributed by atoms with Gasteiger partial charge in [-0.1, -0.05) is 26.0 Å². The van der Waals surface area contributed by atoms with Crippen LogP contribution in [-0.4, -0.2) is 53.9 Å². The quantitative estimate of drug-likeness (QED) is 0.229. The molecule has 10 heteroatoms. The number of fused-ring (bicyclic) bond motifs is 1. The third kappa shape index (κ3) is 6.07. The van der Waals surface area contributed by atoms with E-state index < -0.39 is 12.1 Å². The molecule has 0 spiro atoms. The van der Waals surface area contributed by atoms with Gasteiger partial charge in [-0.3, -0.25) is 4.79 Å². The summed E-state index contributed by atoms with van der Waals surface area (Å²) in [4.78, 5) is 30.0. The molecule has 0 amide bonds. The molecule has 0 saturated carbocycles. The van der Waals surface area contributed by atoms with Crippen molar-refractivity contribution >= 4 is 23.1 Å². The van der Waals surface area contributed by atoms with E-state index in [0.29, 0.717) is 28.9 Å². The molecule has 42 heavy (non-hydrogen) atoms. The lowest BCUT2D eigenvalue weighted by atomic mass is 9.96. The summed E-state index contributed by atoms with van der Waals surface area (Å²) in [7, 11) is 2.87. The molecule has 0 aliphatic heterocycles. The van der Waals surface area contributed by atoms with Crippen molar-refractivity contribution in [2.75, 3.05) is 20.8 Å². The second-order valence-electron chi connectivity index (χ2n) is 9.96. The van der Waals surface area contributed by atoms with E-state index in [-0.39, 0.29) is 28.7 Å². The number of carboxylic acid groups (broad SMARTS) is 1. The first-order chi connectivity index (χ1) is 20.1. The van der Waals surface area contributed by atoms with Gasteiger partial charge in [0.2, 0.25) is 5.75 Å². The summed E-state index contributed by atoms with van der Waals surface area (Å²) in [6.07, 6.45) is 0.356. The number of ether oxygens (including phenoxy) is 4. The molecule has 220 valence electrons. The maximum absolute atomic E-state index is 13.8. The molecule has 1 aromatic heterocycles. The lowest BCUT2D eigenvalue weighted by Crippen LogP contribution is -2.23. The van der Waals surface area contributed by atoms with Crippen LogP contribution in [0, 0.1) is 6.92 Å². The number of hydrogen-bond donors (Lipinski definition) is 1. The summed E-state index contributed by atoms with van der Waals surface area (Å²) in [5.41, 5.74) is 3.38. The highest BCUT2D eigenvalue weighted by molar-refractivity contribution is 5.84. The van der Waals surface area contributed by atoms with Crippen LogP contribution in [0.15, 0.2) is 58.4 Å². The minimum absolute atomic E-state index is 0.142. The van der Waals surface area contributed by atoms with E-state index in [1.54, 1.807) is 30.3 Å². The predicted molar refractivity (Wildman–Crippen MR) is 162 cm³/mol. The van der Waals surface area contributed by atoms with Gasteiger partial charge in [0, 0.05) is 11.1 Å². The molecule has 1 N–H and O–H groups in total. The number of benzene rings is 3. The molecule has 1 atom stereocenters. The van der Waals surface area contributed by atoms with Crippen LogP contribution in [0.4, 0.5) is 0 Å². The van der Waals surface area contributed by atoms with Crippen molar-refractivity contribution in [3.63, 3.8) is 0 Å². The zero-order chi connectivity index (χ0) is 30.6. The highest BCUT2D eigenvalue weighted by Crippen LogP contribution is 2.39. The molecule has 10 nitrogen and oxygen atoms in total. The van der Waals surface area contributed by atoms with Crippen LogP contribution in [-0.2, 0) is 4.79 Å². The Balaban J connectivity index is 1.91. The smallest absolute Gasteiger partial charge is 0.344 e. The standard InChI is InChI=1S/C32H35N3O7/c1-8-41-26-13-19(4)24(16-23(26)18(2)3)30-34-25-12-10-9-11-22(25)31(36)35(30)33-17-21-14-27(39-6)29(28(15-21)40-7)42-20(5)32(37)38/h9-18,20H,8H2,1-7H3,(H,37,38)/t20-/m1/s1. The minimum atomic E-state index is -1.13. The van der Waals surface area contributed by atoms with Crippen molar-refractivity contribution in [3.05, 3.63) is 75.6 Å². The average Bonchev–Trinajstić information content (AvgIpc) is 2.97. The number of aromatic nitrogens is 2. The van der Waals surface area contributed by atoms with E-state index in [4.69, 9.17) is 23.9 Å². The largest absolute Gasteiger partial charge is 0.494 e. The molecule has 0 aliphatic rings. The normalized spacial score (nSPS) is 12.1. The molecule has 0 unspecified atom stereocenters. The van der Waals surface area contributed by atoms with E-state index in [1.165, 1.54) is 32.0 Å². The molecule has 0 bridgehead atoms. The Labute approximate surface area is 244 Å². The van der Waals surface area contributed by atoms with Crippen molar-refractivity contribution in [3.8, 4) is 34.4 Å². The fourth-order valence-corrected chi connectivity index (χ4v) is 4.52. The maximum atomic E-state index is 13.8. The molecular formula is C32H35N3O7. The van der Waals surface area contributed by atoms with E-state index in [1.807, 2.05) is 32.0 Å². The maximum Gasteiger partial charge on any atom is 0.344 e. The highest BCUT2D eigenvalue weighted by Gasteiger charge is 2.21. The number of aryl methyl sites for hydroxylation is 1. The molecule has 4 rings (SSSR count). The van der Waals surface area contributed by atoms with Gasteiger partial charge in [-0.05, 0) is 74.2 Å². The first-order valence-electron chi connectivity index (χ1n) is 13.6. The first-order valence-corrected chi connectivity index (χ1v) is 13.6. The van der Waals surface area contributed by atoms with Crippen LogP contribution < -0.4 is 24.5 Å². The topological polar surface area (TPSA) is 121 Å². The molecular weight excluding hydrogens is 538 g/mol. The Morgan fingerprint density at radius 2 is 1.71 bits per heavy atom. The van der Waals surface area contributed by atoms with Gasteiger partial charge in [0.25, 0.3) is 5.56 Å². The van der Waals surface area contributed by atoms with Gasteiger partial charge in [0.15, 0.2) is 23.4 Å². The van der Waals surface area contributed by atoms with E-state index in [0.717, 1.165) is 22.4 Å². The monoisotopic (exact) mass is 573 g/mol. The molecule has 1 heterocycles. The van der Waals surface area contributed by atoms with Crippen LogP contribution in [0.25, 0.3) is 22.3 Å². The lowest BCUT2D eigenvalue weighted by molar-refractivity contribution is -0.144. The molecule has 0 saturated heterocycles. The number of hydrogen-bond acceptors (Lipinski definition) is 8. The van der Waals surface area contributed by atoms with Crippen molar-refractivity contribution in [2.24, 2.45) is 5.10 Å². The predicted octanol–water partition coefficient (Wildman–Crippen LogP) is 5.65. The second kappa shape index (κ2) is 12.8. The van der Waals surface area contributed by atoms with Gasteiger partial charge in [0.05, 0.1) is 37.9 Å². The minimum Gasteiger partial charge on any atom is -0.494 e. The van der Waals surface area contributed by atoms with Crippen molar-refractivity contribution in [1.82, 2.24) is 9.66 Å². The van der Waals surface area contributed by atoms with E-state index in [2.05, 4.69) is 18.9 Å². The summed E-state index contributed by atoms with van der Waals surface area (Å²) < 4.78 is 23.7. The Bertz CT molecular complexity index is 1680. The summed E-state index contributed by atoms with van der Waals surface area (Å²) in [6.45, 7) is 10.0. The van der Waals surface area contributed by atoms with Crippen molar-refractivity contribution < 1.29 is 28.8 Å². The second-order valence-corrected chi connectivity index (χ2v) is 9.96. The Morgan fingerprint density at radius 1 is 1.05 bits per heavy atom. The van der Waals surface area contributed by atoms with Crippen LogP contribution in [0.3, 0.4) is 0 Å². The number of nitrogens with zero attached hydrogens (tertiary/aromatic N) is 3. The average molecular weight is 574 g/mol. The summed E-state index contributed by atoms with van der Waals surface area (Å²) in [5, 5.41) is 14.3. The SMILES string of the molecule is CCOc1cc(C)c(-c2nc3ccccc3c(=O)n2N=Cc2cc(OC)c(O[C@H](C)C(=O)O)c(OC)c2)cc1C(C)C. The fraction of sp³-hybridized carbons (Fsp3) is 0.312. The number of carbonyl (C=O) groups is 1. The summed E-state index contributed by atoms with van der Waals surface area (Å²) >= 11 is 0. The Kier molecular flexibility index (Phi) is 9.15. The molecule has 0 fully saturated rings. The third-order valence-electron chi connectivity index (χ3n) is 6.72. The number of rotatable bonds is 11. The number of aliphatic carboxylic acids is 1. The molecule has 0 radical (unpaired) electrons. The summed E-state index contributed by atoms with van der Waals surface area (Å²) in [5.74, 6) is 0.847. The van der Waals surface area contributed by atoms with Gasteiger partial charge in [-0.2, -0.15) is 9.78 Å². The summed E-state index contributed by atoms with van der Waals surface area (Å²) in [6, 6.07) is 14.4. The molecule has 4 aromatic rings. The fourth-order valence-electron chi connectivity index (χ4n) is 4.52. The molecule has 0 aliphatic carbocycles. The van der Waals surface area contributed by atoms with Crippen molar-refractivity contribution in [2.45, 2.75) is 46.6 Å². The van der Waals surface area contributed by atoms with Crippen molar-refractivity contribution in [1.29, 1.82) is 0 Å². The first kappa shape index (κ1) is 30.1. The Hall–Kier alpha value is -4.86. The van der Waals surface area contributed by atoms with Crippen LogP contribution in [0.1, 0.15) is 50.3 Å². The van der Waals surface area contributed by atoms with Gasteiger partial charge >= 0.3 is 5.97 Å². The van der Waals surface area contributed by atoms with E-state index >= 15 is 0 Å². The lowest BCUT2D eigenvalue weighted by Gasteiger charge is -2.18. The van der Waals surface area contributed by atoms with Crippen LogP contribution in [0.2, 0.25) is 0 Å². The van der Waals surface area contributed by atoms with Gasteiger partial charge < -0.3 is 24.1 Å². The zero-order valence-electron chi connectivity index (χ0n) is 24.8. The van der Waals surface area contributed by atoms with Gasteiger partial charge in [0.1, 0.15) is 5.75 Å². The van der Waals surface area contributed by atoms with Gasteiger partial charge in [-0.15, -0.1) is 0 Å². The molecule has 3 aromatic carbocycles. The number of carboxylic acids is 1. The van der Waals surface area contributed by atoms with Crippen LogP contribution in [0.5, 0.6) is 23.0 Å². The van der Waals surface area contributed by atoms with Crippen LogP contribution >= 0.6 is 0 Å². The number of para-hydroxylation sites is 1. The highest BCUT2D eigenvalue weighted by atomic mass is 16.6. The zero-order valence-corrected chi connectivity index (χ0v) is 24.8. The Morgan fingerprint density at radius 3 is 2.31 bits per heavy atom. The third-order valence-corrected chi connectivity index (χ3v) is 6.72. The van der Waals surface area contributed by atoms with Gasteiger partial charge in [-0.25, -0.2) is 9.78 Å².